The maximum absolute atomic E-state index is 12.5. The summed E-state index contributed by atoms with van der Waals surface area (Å²) in [6, 6.07) is 9.48. The molecule has 6 heteroatoms. The number of hydrogen-bond donors (Lipinski definition) is 2. The van der Waals surface area contributed by atoms with E-state index in [0.717, 1.165) is 38.5 Å². The number of carbonyl (C=O) groups is 1. The molecule has 0 spiro atoms. The fourth-order valence-corrected chi connectivity index (χ4v) is 3.62. The summed E-state index contributed by atoms with van der Waals surface area (Å²) in [5.41, 5.74) is 2.63. The van der Waals surface area contributed by atoms with Crippen LogP contribution in [0.15, 0.2) is 24.3 Å². The fraction of sp³-hybridized carbons (Fsp3) is 0.588. The van der Waals surface area contributed by atoms with Gasteiger partial charge in [0, 0.05) is 31.7 Å². The molecule has 0 radical (unpaired) electrons. The van der Waals surface area contributed by atoms with E-state index in [1.807, 2.05) is 0 Å². The molecule has 128 valence electrons. The van der Waals surface area contributed by atoms with Gasteiger partial charge in [-0.3, -0.25) is 9.69 Å². The molecule has 4 nitrogen and oxygen atoms in total. The fourth-order valence-electron chi connectivity index (χ4n) is 3.62. The molecule has 0 bridgehead atoms. The molecule has 2 N–H and O–H groups in total. The molecule has 1 saturated carbocycles. The van der Waals surface area contributed by atoms with Crippen molar-refractivity contribution in [1.82, 2.24) is 15.5 Å². The minimum absolute atomic E-state index is 0. The number of carbonyl (C=O) groups excluding carboxylic acids is 1. The minimum atomic E-state index is -0.0742. The number of rotatable bonds is 3. The van der Waals surface area contributed by atoms with Crippen LogP contribution < -0.4 is 10.6 Å². The van der Waals surface area contributed by atoms with Crippen molar-refractivity contribution in [1.29, 1.82) is 0 Å². The maximum atomic E-state index is 12.5. The molecule has 2 fully saturated rings. The lowest BCUT2D eigenvalue weighted by atomic mass is 9.95. The zero-order valence-electron chi connectivity index (χ0n) is 13.2. The van der Waals surface area contributed by atoms with Crippen molar-refractivity contribution in [2.24, 2.45) is 0 Å². The molecule has 23 heavy (non-hydrogen) atoms. The van der Waals surface area contributed by atoms with Gasteiger partial charge in [-0.1, -0.05) is 24.3 Å². The highest BCUT2D eigenvalue weighted by Gasteiger charge is 2.35. The molecule has 0 aromatic heterocycles. The Hall–Kier alpha value is -0.810. The third kappa shape index (κ3) is 4.18. The predicted molar refractivity (Wildman–Crippen MR) is 96.4 cm³/mol. The second-order valence-corrected chi connectivity index (χ2v) is 6.63. The van der Waals surface area contributed by atoms with Crippen molar-refractivity contribution in [3.63, 3.8) is 0 Å². The van der Waals surface area contributed by atoms with Crippen LogP contribution in [0.25, 0.3) is 0 Å². The van der Waals surface area contributed by atoms with Gasteiger partial charge in [-0.15, -0.1) is 24.8 Å². The zero-order valence-corrected chi connectivity index (χ0v) is 14.8. The zero-order chi connectivity index (χ0) is 14.2. The summed E-state index contributed by atoms with van der Waals surface area (Å²) in [6.45, 7) is 2.99. The van der Waals surface area contributed by atoms with Crippen LogP contribution in [0.4, 0.5) is 0 Å². The van der Waals surface area contributed by atoms with Crippen molar-refractivity contribution < 1.29 is 4.79 Å². The molecule has 2 heterocycles. The summed E-state index contributed by atoms with van der Waals surface area (Å²) in [7, 11) is 0. The van der Waals surface area contributed by atoms with Crippen molar-refractivity contribution in [3.05, 3.63) is 35.4 Å². The third-order valence-corrected chi connectivity index (χ3v) is 5.03. The number of halogens is 2. The first-order valence-electron chi connectivity index (χ1n) is 8.14. The molecule has 4 rings (SSSR count). The summed E-state index contributed by atoms with van der Waals surface area (Å²) >= 11 is 0. The standard InChI is InChI=1S/C17H23N3O.2ClH/c21-17(19-14-7-8-20(11-14)15-5-6-15)16-9-12-3-1-2-4-13(12)10-18-16;;/h1-4,14-16,18H,5-11H2,(H,19,21);2*1H. The third-order valence-electron chi connectivity index (χ3n) is 5.03. The van der Waals surface area contributed by atoms with Crippen molar-refractivity contribution >= 4 is 30.7 Å². The molecule has 3 aliphatic rings. The lowest BCUT2D eigenvalue weighted by Crippen LogP contribution is -2.51. The SMILES string of the molecule is Cl.Cl.O=C(NC1CCN(C2CC2)C1)C1Cc2ccccc2CN1. The molecule has 2 unspecified atom stereocenters. The first kappa shape index (κ1) is 18.5. The second kappa shape index (κ2) is 7.84. The Morgan fingerprint density at radius 1 is 1.13 bits per heavy atom. The van der Waals surface area contributed by atoms with E-state index >= 15 is 0 Å². The smallest absolute Gasteiger partial charge is 0.237 e. The first-order valence-corrected chi connectivity index (χ1v) is 8.14. The normalized spacial score (nSPS) is 26.6. The van der Waals surface area contributed by atoms with Gasteiger partial charge in [-0.05, 0) is 36.8 Å². The van der Waals surface area contributed by atoms with E-state index in [1.165, 1.54) is 24.0 Å². The predicted octanol–water partition coefficient (Wildman–Crippen LogP) is 1.90. The van der Waals surface area contributed by atoms with Gasteiger partial charge >= 0.3 is 0 Å². The summed E-state index contributed by atoms with van der Waals surface area (Å²) in [4.78, 5) is 15.0. The summed E-state index contributed by atoms with van der Waals surface area (Å²) < 4.78 is 0. The van der Waals surface area contributed by atoms with E-state index in [-0.39, 0.29) is 36.8 Å². The number of amides is 1. The summed E-state index contributed by atoms with van der Waals surface area (Å²) in [5, 5.41) is 6.62. The molecular formula is C17H25Cl2N3O. The molecule has 1 aromatic rings. The highest BCUT2D eigenvalue weighted by atomic mass is 35.5. The highest BCUT2D eigenvalue weighted by Crippen LogP contribution is 2.29. The number of benzene rings is 1. The average molecular weight is 358 g/mol. The van der Waals surface area contributed by atoms with E-state index in [2.05, 4.69) is 39.8 Å². The molecule has 1 aromatic carbocycles. The van der Waals surface area contributed by atoms with E-state index in [9.17, 15) is 4.79 Å². The van der Waals surface area contributed by atoms with Crippen LogP contribution in [0.2, 0.25) is 0 Å². The molecule has 1 saturated heterocycles. The van der Waals surface area contributed by atoms with Gasteiger partial charge in [0.25, 0.3) is 0 Å². The van der Waals surface area contributed by atoms with Crippen LogP contribution in [0.5, 0.6) is 0 Å². The van der Waals surface area contributed by atoms with E-state index in [1.54, 1.807) is 0 Å². The Balaban J connectivity index is 0.000000960. The number of likely N-dealkylation sites (tertiary alicyclic amines) is 1. The Kier molecular flexibility index (Phi) is 6.32. The lowest BCUT2D eigenvalue weighted by molar-refractivity contribution is -0.124. The molecular weight excluding hydrogens is 333 g/mol. The molecule has 2 aliphatic heterocycles. The van der Waals surface area contributed by atoms with Gasteiger partial charge in [-0.25, -0.2) is 0 Å². The Bertz CT molecular complexity index is 550. The monoisotopic (exact) mass is 357 g/mol. The highest BCUT2D eigenvalue weighted by molar-refractivity contribution is 5.85. The van der Waals surface area contributed by atoms with Gasteiger partial charge in [0.2, 0.25) is 5.91 Å². The van der Waals surface area contributed by atoms with Crippen LogP contribution in [-0.4, -0.2) is 42.0 Å². The molecule has 1 amide bonds. The van der Waals surface area contributed by atoms with E-state index in [4.69, 9.17) is 0 Å². The minimum Gasteiger partial charge on any atom is -0.351 e. The van der Waals surface area contributed by atoms with Crippen LogP contribution in [0, 0.1) is 0 Å². The van der Waals surface area contributed by atoms with Gasteiger partial charge in [-0.2, -0.15) is 0 Å². The number of nitrogens with zero attached hydrogens (tertiary/aromatic N) is 1. The number of nitrogens with one attached hydrogen (secondary N) is 2. The van der Waals surface area contributed by atoms with Crippen LogP contribution in [0.3, 0.4) is 0 Å². The van der Waals surface area contributed by atoms with Crippen LogP contribution in [-0.2, 0) is 17.8 Å². The largest absolute Gasteiger partial charge is 0.351 e. The second-order valence-electron chi connectivity index (χ2n) is 6.63. The topological polar surface area (TPSA) is 44.4 Å². The van der Waals surface area contributed by atoms with Gasteiger partial charge in [0.05, 0.1) is 6.04 Å². The van der Waals surface area contributed by atoms with E-state index in [0.29, 0.717) is 6.04 Å². The molecule has 1 aliphatic carbocycles. The Morgan fingerprint density at radius 2 is 1.87 bits per heavy atom. The van der Waals surface area contributed by atoms with Crippen molar-refractivity contribution in [2.75, 3.05) is 13.1 Å². The van der Waals surface area contributed by atoms with Gasteiger partial charge in [0.1, 0.15) is 0 Å². The first-order chi connectivity index (χ1) is 10.3. The van der Waals surface area contributed by atoms with Crippen LogP contribution >= 0.6 is 24.8 Å². The van der Waals surface area contributed by atoms with Crippen LogP contribution in [0.1, 0.15) is 30.4 Å². The molecule has 2 atom stereocenters. The quantitative estimate of drug-likeness (QED) is 0.868. The Morgan fingerprint density at radius 3 is 2.61 bits per heavy atom. The maximum Gasteiger partial charge on any atom is 0.237 e. The van der Waals surface area contributed by atoms with Crippen molar-refractivity contribution in [3.8, 4) is 0 Å². The lowest BCUT2D eigenvalue weighted by Gasteiger charge is -2.26. The summed E-state index contributed by atoms with van der Waals surface area (Å²) in [5.74, 6) is 0.173. The average Bonchev–Trinajstić information content (AvgIpc) is 3.27. The van der Waals surface area contributed by atoms with Gasteiger partial charge in [0.15, 0.2) is 0 Å². The van der Waals surface area contributed by atoms with Gasteiger partial charge < -0.3 is 10.6 Å². The Labute approximate surface area is 150 Å². The van der Waals surface area contributed by atoms with Crippen molar-refractivity contribution in [2.45, 2.75) is 50.4 Å². The number of fused-ring (bicyclic) bond motifs is 1. The number of hydrogen-bond acceptors (Lipinski definition) is 3. The summed E-state index contributed by atoms with van der Waals surface area (Å²) in [6.07, 6.45) is 4.61. The van der Waals surface area contributed by atoms with E-state index < -0.39 is 0 Å².